The van der Waals surface area contributed by atoms with Gasteiger partial charge in [-0.15, -0.1) is 0 Å². The van der Waals surface area contributed by atoms with Gasteiger partial charge in [-0.3, -0.25) is 0 Å². The highest BCUT2D eigenvalue weighted by atomic mass is 15.0. The number of fused-ring (bicyclic) bond motifs is 1. The molecule has 0 saturated heterocycles. The highest BCUT2D eigenvalue weighted by molar-refractivity contribution is 5.76. The lowest BCUT2D eigenvalue weighted by Crippen LogP contribution is -1.86. The van der Waals surface area contributed by atoms with Crippen molar-refractivity contribution in [2.45, 2.75) is 13.8 Å². The summed E-state index contributed by atoms with van der Waals surface area (Å²) in [4.78, 5) is 4.16. The second kappa shape index (κ2) is 2.34. The van der Waals surface area contributed by atoms with E-state index in [1.54, 1.807) is 0 Å². The molecule has 1 aromatic carbocycles. The molecule has 0 N–H and O–H groups in total. The monoisotopic (exact) mass is 159 g/mol. The van der Waals surface area contributed by atoms with E-state index >= 15 is 0 Å². The standard InChI is InChI=1S/C10H11N2/c1-7-4-9-10(5-8(7)2)12(3)6-11-9/h4-5H,1-3H3. The molecule has 0 aliphatic heterocycles. The van der Waals surface area contributed by atoms with Gasteiger partial charge in [-0.2, -0.15) is 0 Å². The molecule has 0 amide bonds. The molecule has 0 atom stereocenters. The predicted molar refractivity (Wildman–Crippen MR) is 49.0 cm³/mol. The lowest BCUT2D eigenvalue weighted by Gasteiger charge is -1.99. The van der Waals surface area contributed by atoms with E-state index in [0.29, 0.717) is 0 Å². The first-order valence-electron chi connectivity index (χ1n) is 4.00. The summed E-state index contributed by atoms with van der Waals surface area (Å²) in [7, 11) is 1.96. The van der Waals surface area contributed by atoms with Crippen molar-refractivity contribution in [2.24, 2.45) is 7.05 Å². The third kappa shape index (κ3) is 0.916. The summed E-state index contributed by atoms with van der Waals surface area (Å²) in [6.45, 7) is 4.21. The second-order valence-electron chi connectivity index (χ2n) is 3.20. The number of hydrogen-bond donors (Lipinski definition) is 0. The van der Waals surface area contributed by atoms with Crippen molar-refractivity contribution in [1.29, 1.82) is 0 Å². The average molecular weight is 159 g/mol. The molecular weight excluding hydrogens is 148 g/mol. The van der Waals surface area contributed by atoms with Gasteiger partial charge in [0.05, 0.1) is 11.0 Å². The third-order valence-electron chi connectivity index (χ3n) is 2.27. The fourth-order valence-corrected chi connectivity index (χ4v) is 1.33. The summed E-state index contributed by atoms with van der Waals surface area (Å²) in [5.74, 6) is 0. The van der Waals surface area contributed by atoms with Crippen LogP contribution in [0, 0.1) is 20.2 Å². The van der Waals surface area contributed by atoms with E-state index in [-0.39, 0.29) is 0 Å². The Bertz CT molecular complexity index is 427. The largest absolute Gasteiger partial charge is 0.324 e. The molecule has 1 aromatic heterocycles. The molecule has 61 valence electrons. The number of benzene rings is 1. The van der Waals surface area contributed by atoms with Crippen LogP contribution in [0.3, 0.4) is 0 Å². The minimum Gasteiger partial charge on any atom is -0.324 e. The summed E-state index contributed by atoms with van der Waals surface area (Å²) in [5.41, 5.74) is 4.77. The van der Waals surface area contributed by atoms with Crippen LogP contribution >= 0.6 is 0 Å². The van der Waals surface area contributed by atoms with Gasteiger partial charge in [0.2, 0.25) is 0 Å². The summed E-state index contributed by atoms with van der Waals surface area (Å²) in [6, 6.07) is 4.25. The molecule has 0 spiro atoms. The molecule has 0 saturated carbocycles. The van der Waals surface area contributed by atoms with Gasteiger partial charge in [-0.1, -0.05) is 0 Å². The number of hydrogen-bond acceptors (Lipinski definition) is 1. The van der Waals surface area contributed by atoms with Crippen LogP contribution in [0.15, 0.2) is 12.1 Å². The Morgan fingerprint density at radius 3 is 2.67 bits per heavy atom. The van der Waals surface area contributed by atoms with E-state index in [4.69, 9.17) is 0 Å². The zero-order valence-corrected chi connectivity index (χ0v) is 7.55. The van der Waals surface area contributed by atoms with Gasteiger partial charge >= 0.3 is 0 Å². The predicted octanol–water partition coefficient (Wildman–Crippen LogP) is 1.99. The highest BCUT2D eigenvalue weighted by Crippen LogP contribution is 2.16. The van der Waals surface area contributed by atoms with Crippen molar-refractivity contribution < 1.29 is 0 Å². The topological polar surface area (TPSA) is 17.8 Å². The maximum absolute atomic E-state index is 4.16. The Balaban J connectivity index is 2.87. The van der Waals surface area contributed by atoms with Crippen LogP contribution in [0.1, 0.15) is 11.1 Å². The number of nitrogens with zero attached hydrogens (tertiary/aromatic N) is 2. The van der Waals surface area contributed by atoms with Crippen LogP contribution in [0.2, 0.25) is 0 Å². The molecule has 0 bridgehead atoms. The second-order valence-corrected chi connectivity index (χ2v) is 3.20. The maximum atomic E-state index is 4.16. The van der Waals surface area contributed by atoms with E-state index in [9.17, 15) is 0 Å². The fraction of sp³-hybridized carbons (Fsp3) is 0.300. The Morgan fingerprint density at radius 1 is 1.25 bits per heavy atom. The molecule has 2 rings (SSSR count). The van der Waals surface area contributed by atoms with Crippen molar-refractivity contribution >= 4 is 11.0 Å². The first-order chi connectivity index (χ1) is 5.68. The molecule has 12 heavy (non-hydrogen) atoms. The molecule has 2 heteroatoms. The first kappa shape index (κ1) is 7.35. The number of aromatic nitrogens is 2. The lowest BCUT2D eigenvalue weighted by molar-refractivity contribution is 0.935. The fourth-order valence-electron chi connectivity index (χ4n) is 1.33. The van der Waals surface area contributed by atoms with Crippen LogP contribution < -0.4 is 0 Å². The van der Waals surface area contributed by atoms with Gasteiger partial charge in [0.15, 0.2) is 6.33 Å². The molecule has 1 heterocycles. The molecule has 1 radical (unpaired) electrons. The van der Waals surface area contributed by atoms with Gasteiger partial charge in [0, 0.05) is 7.05 Å². The molecule has 0 fully saturated rings. The summed E-state index contributed by atoms with van der Waals surface area (Å²) < 4.78 is 1.92. The van der Waals surface area contributed by atoms with E-state index in [2.05, 4.69) is 37.3 Å². The zero-order chi connectivity index (χ0) is 8.72. The van der Waals surface area contributed by atoms with Crippen molar-refractivity contribution in [3.63, 3.8) is 0 Å². The van der Waals surface area contributed by atoms with Crippen LogP contribution in [0.5, 0.6) is 0 Å². The Hall–Kier alpha value is -1.31. The van der Waals surface area contributed by atoms with Crippen molar-refractivity contribution in [1.82, 2.24) is 9.55 Å². The van der Waals surface area contributed by atoms with E-state index < -0.39 is 0 Å². The van der Waals surface area contributed by atoms with Crippen LogP contribution in [-0.2, 0) is 7.05 Å². The maximum Gasteiger partial charge on any atom is 0.177 e. The first-order valence-corrected chi connectivity index (χ1v) is 4.00. The Kier molecular flexibility index (Phi) is 1.43. The minimum atomic E-state index is 1.03. The quantitative estimate of drug-likeness (QED) is 0.574. The van der Waals surface area contributed by atoms with Crippen LogP contribution in [0.4, 0.5) is 0 Å². The van der Waals surface area contributed by atoms with E-state index in [0.717, 1.165) is 11.0 Å². The average Bonchev–Trinajstić information content (AvgIpc) is 2.35. The van der Waals surface area contributed by atoms with Gasteiger partial charge in [-0.25, -0.2) is 4.98 Å². The van der Waals surface area contributed by atoms with Crippen LogP contribution in [0.25, 0.3) is 11.0 Å². The van der Waals surface area contributed by atoms with Gasteiger partial charge in [0.1, 0.15) is 0 Å². The molecule has 0 unspecified atom stereocenters. The summed E-state index contributed by atoms with van der Waals surface area (Å²) >= 11 is 0. The SMILES string of the molecule is Cc1cc2n[c]n(C)c2cc1C. The number of imidazole rings is 1. The van der Waals surface area contributed by atoms with Gasteiger partial charge < -0.3 is 4.57 Å². The number of aryl methyl sites for hydroxylation is 3. The third-order valence-corrected chi connectivity index (χ3v) is 2.27. The molecule has 0 aliphatic rings. The van der Waals surface area contributed by atoms with E-state index in [1.165, 1.54) is 11.1 Å². The van der Waals surface area contributed by atoms with Crippen molar-refractivity contribution in [2.75, 3.05) is 0 Å². The van der Waals surface area contributed by atoms with E-state index in [1.807, 2.05) is 11.6 Å². The van der Waals surface area contributed by atoms with Gasteiger partial charge in [-0.05, 0) is 37.1 Å². The summed E-state index contributed by atoms with van der Waals surface area (Å²) in [6.07, 6.45) is 2.90. The lowest BCUT2D eigenvalue weighted by atomic mass is 10.1. The molecule has 0 aliphatic carbocycles. The zero-order valence-electron chi connectivity index (χ0n) is 7.55. The highest BCUT2D eigenvalue weighted by Gasteiger charge is 2.01. The summed E-state index contributed by atoms with van der Waals surface area (Å²) in [5, 5.41) is 0. The molecular formula is C10H11N2. The van der Waals surface area contributed by atoms with Crippen LogP contribution in [-0.4, -0.2) is 9.55 Å². The normalized spacial score (nSPS) is 10.9. The number of rotatable bonds is 0. The van der Waals surface area contributed by atoms with Gasteiger partial charge in [0.25, 0.3) is 0 Å². The van der Waals surface area contributed by atoms with Crippen molar-refractivity contribution in [3.8, 4) is 0 Å². The van der Waals surface area contributed by atoms with Crippen molar-refractivity contribution in [3.05, 3.63) is 29.6 Å². The smallest absolute Gasteiger partial charge is 0.177 e. The Labute approximate surface area is 71.8 Å². The molecule has 2 nitrogen and oxygen atoms in total. The Morgan fingerprint density at radius 2 is 1.92 bits per heavy atom. The minimum absolute atomic E-state index is 1.03. The molecule has 2 aromatic rings.